The molecule has 60 heavy (non-hydrogen) atoms. The SMILES string of the molecule is CCCCP(CCCC)c1cc2ccccc2[cH-]1.CCCCP(CCCC)c1cc2ccccc2[cH-]1.Cc1cc2ccccc2[cH-]1.Cc1cc2ccccc2[cH-]1.[Cl-].[Cl-].[Ti+2].[Ti+2]. The molecule has 0 radical (unpaired) electrons. The number of unbranched alkanes of at least 4 members (excludes halogenated alkanes) is 4. The third kappa shape index (κ3) is 17.8. The molecular weight excluding hydrogens is 877 g/mol. The van der Waals surface area contributed by atoms with Crippen molar-refractivity contribution in [3.63, 3.8) is 0 Å². The number of aryl methyl sites for hydroxylation is 2. The van der Waals surface area contributed by atoms with Crippen LogP contribution in [0.3, 0.4) is 0 Å². The van der Waals surface area contributed by atoms with Crippen molar-refractivity contribution in [1.29, 1.82) is 0 Å². The second-order valence-electron chi connectivity index (χ2n) is 15.4. The van der Waals surface area contributed by atoms with Crippen molar-refractivity contribution < 1.29 is 68.2 Å². The molecule has 0 N–H and O–H groups in total. The fourth-order valence-corrected chi connectivity index (χ4v) is 12.9. The number of halogens is 2. The van der Waals surface area contributed by atoms with Crippen LogP contribution in [-0.4, -0.2) is 24.6 Å². The average molecular weight is 944 g/mol. The topological polar surface area (TPSA) is 0 Å². The molecule has 8 aromatic rings. The van der Waals surface area contributed by atoms with E-state index < -0.39 is 0 Å². The Balaban J connectivity index is 0.000000403. The summed E-state index contributed by atoms with van der Waals surface area (Å²) in [5.41, 5.74) is 2.70. The van der Waals surface area contributed by atoms with E-state index >= 15 is 0 Å². The van der Waals surface area contributed by atoms with Crippen LogP contribution in [0.5, 0.6) is 0 Å². The van der Waals surface area contributed by atoms with Gasteiger partial charge in [0.25, 0.3) is 0 Å². The summed E-state index contributed by atoms with van der Waals surface area (Å²) >= 11 is 0. The van der Waals surface area contributed by atoms with Gasteiger partial charge in [0.05, 0.1) is 0 Å². The van der Waals surface area contributed by atoms with Crippen molar-refractivity contribution in [2.75, 3.05) is 24.6 Å². The first-order valence-electron chi connectivity index (χ1n) is 21.5. The fourth-order valence-electron chi connectivity index (χ4n) is 7.38. The molecule has 8 aromatic carbocycles. The molecule has 0 aromatic heterocycles. The van der Waals surface area contributed by atoms with Crippen LogP contribution in [0.25, 0.3) is 43.1 Å². The van der Waals surface area contributed by atoms with Crippen molar-refractivity contribution >= 4 is 69.5 Å². The van der Waals surface area contributed by atoms with Gasteiger partial charge in [-0.2, -0.15) is 24.3 Å². The molecular formula is C54H66Cl2P2Ti2-2. The van der Waals surface area contributed by atoms with Crippen LogP contribution < -0.4 is 35.4 Å². The van der Waals surface area contributed by atoms with Gasteiger partial charge in [-0.1, -0.05) is 107 Å². The van der Waals surface area contributed by atoms with Crippen LogP contribution in [0.2, 0.25) is 0 Å². The third-order valence-electron chi connectivity index (χ3n) is 10.6. The van der Waals surface area contributed by atoms with Crippen molar-refractivity contribution in [3.05, 3.63) is 157 Å². The van der Waals surface area contributed by atoms with Crippen molar-refractivity contribution in [3.8, 4) is 0 Å². The van der Waals surface area contributed by atoms with E-state index in [1.54, 1.807) is 10.6 Å². The maximum absolute atomic E-state index is 2.44. The molecule has 0 nitrogen and oxygen atoms in total. The van der Waals surface area contributed by atoms with Gasteiger partial charge in [0.2, 0.25) is 0 Å². The zero-order valence-electron chi connectivity index (χ0n) is 37.0. The summed E-state index contributed by atoms with van der Waals surface area (Å²) in [6.07, 6.45) is 16.5. The Morgan fingerprint density at radius 1 is 0.367 bits per heavy atom. The minimum absolute atomic E-state index is 0. The Hall–Kier alpha value is -1.81. The monoisotopic (exact) mass is 942 g/mol. The fraction of sp³-hybridized carbons (Fsp3) is 0.333. The average Bonchev–Trinajstić information content (AvgIpc) is 4.02. The van der Waals surface area contributed by atoms with Gasteiger partial charge in [0.15, 0.2) is 0 Å². The summed E-state index contributed by atoms with van der Waals surface area (Å²) in [7, 11) is 0.171. The maximum atomic E-state index is 2.44. The molecule has 0 aliphatic carbocycles. The van der Waals surface area contributed by atoms with Gasteiger partial charge in [-0.15, -0.1) is 162 Å². The normalized spacial score (nSPS) is 10.4. The Morgan fingerprint density at radius 2 is 0.617 bits per heavy atom. The number of hydrogen-bond donors (Lipinski definition) is 0. The predicted molar refractivity (Wildman–Crippen MR) is 260 cm³/mol. The number of benzene rings is 4. The van der Waals surface area contributed by atoms with E-state index in [1.165, 1.54) is 130 Å². The molecule has 0 bridgehead atoms. The molecule has 0 saturated heterocycles. The molecule has 0 aliphatic rings. The first kappa shape index (κ1) is 56.2. The first-order chi connectivity index (χ1) is 27.4. The molecule has 6 heteroatoms. The number of hydrogen-bond acceptors (Lipinski definition) is 0. The Kier molecular flexibility index (Phi) is 29.1. The molecule has 8 rings (SSSR count). The van der Waals surface area contributed by atoms with Crippen LogP contribution in [0.15, 0.2) is 146 Å². The van der Waals surface area contributed by atoms with Crippen LogP contribution >= 0.6 is 15.8 Å². The zero-order valence-corrected chi connectivity index (χ0v) is 43.4. The van der Waals surface area contributed by atoms with Gasteiger partial charge >= 0.3 is 43.4 Å². The smallest absolute Gasteiger partial charge is 1.00 e. The quantitative estimate of drug-likeness (QED) is 0.0579. The van der Waals surface area contributed by atoms with E-state index in [0.717, 1.165) is 0 Å². The van der Waals surface area contributed by atoms with E-state index in [4.69, 9.17) is 0 Å². The van der Waals surface area contributed by atoms with E-state index in [0.29, 0.717) is 0 Å². The second-order valence-corrected chi connectivity index (χ2v) is 20.4. The summed E-state index contributed by atoms with van der Waals surface area (Å²) in [4.78, 5) is 0. The van der Waals surface area contributed by atoms with Crippen molar-refractivity contribution in [1.82, 2.24) is 0 Å². The second kappa shape index (κ2) is 31.1. The van der Waals surface area contributed by atoms with Gasteiger partial charge in [0.1, 0.15) is 0 Å². The first-order valence-corrected chi connectivity index (χ1v) is 24.9. The molecule has 0 aliphatic heterocycles. The predicted octanol–water partition coefficient (Wildman–Crippen LogP) is 10.3. The van der Waals surface area contributed by atoms with E-state index in [-0.39, 0.29) is 84.1 Å². The minimum atomic E-state index is 0. The third-order valence-corrected chi connectivity index (χ3v) is 16.0. The van der Waals surface area contributed by atoms with Crippen LogP contribution in [-0.2, 0) is 43.4 Å². The Bertz CT molecular complexity index is 1980. The van der Waals surface area contributed by atoms with Gasteiger partial charge < -0.3 is 24.8 Å². The molecule has 0 atom stereocenters. The van der Waals surface area contributed by atoms with E-state index in [2.05, 4.69) is 187 Å². The molecule has 0 heterocycles. The molecule has 0 saturated carbocycles. The van der Waals surface area contributed by atoms with Crippen LogP contribution in [0.4, 0.5) is 0 Å². The molecule has 0 unspecified atom stereocenters. The Labute approximate surface area is 408 Å². The molecule has 0 amide bonds. The van der Waals surface area contributed by atoms with Gasteiger partial charge in [-0.25, -0.2) is 0 Å². The molecule has 0 spiro atoms. The number of fused-ring (bicyclic) bond motifs is 4. The van der Waals surface area contributed by atoms with Gasteiger partial charge in [-0.3, -0.25) is 0 Å². The summed E-state index contributed by atoms with van der Waals surface area (Å²) in [6, 6.07) is 53.0. The maximum Gasteiger partial charge on any atom is 2.00 e. The van der Waals surface area contributed by atoms with Crippen LogP contribution in [0, 0.1) is 13.8 Å². The standard InChI is InChI=1S/2C17H24P.2C10H9.2ClH.2Ti/c2*1-3-5-11-18(12-6-4-2)17-13-15-9-7-8-10-16(15)14-17;2*1-8-6-9-4-2-3-5-10(9)7-8;;;;/h2*7-10,13-14H,3-6,11-12H2,1-2H3;2*2-7H,1H3;2*1H;;/q4*-1;;;2*+2/p-2. The molecule has 0 fully saturated rings. The Morgan fingerprint density at radius 3 is 0.867 bits per heavy atom. The number of rotatable bonds is 14. The molecule has 316 valence electrons. The van der Waals surface area contributed by atoms with Crippen LogP contribution in [0.1, 0.15) is 90.2 Å². The summed E-state index contributed by atoms with van der Waals surface area (Å²) in [6.45, 7) is 13.5. The summed E-state index contributed by atoms with van der Waals surface area (Å²) in [5, 5.41) is 14.4. The summed E-state index contributed by atoms with van der Waals surface area (Å²) < 4.78 is 0. The van der Waals surface area contributed by atoms with Gasteiger partial charge in [0, 0.05) is 0 Å². The van der Waals surface area contributed by atoms with Crippen molar-refractivity contribution in [2.24, 2.45) is 0 Å². The minimum Gasteiger partial charge on any atom is -1.00 e. The summed E-state index contributed by atoms with van der Waals surface area (Å²) in [5.74, 6) is 0. The van der Waals surface area contributed by atoms with E-state index in [9.17, 15) is 0 Å². The van der Waals surface area contributed by atoms with Gasteiger partial charge in [-0.05, 0) is 50.3 Å². The zero-order chi connectivity index (χ0) is 39.5. The van der Waals surface area contributed by atoms with Crippen molar-refractivity contribution in [2.45, 2.75) is 92.9 Å². The largest absolute Gasteiger partial charge is 2.00 e. The van der Waals surface area contributed by atoms with E-state index in [1.807, 2.05) is 0 Å².